The predicted octanol–water partition coefficient (Wildman–Crippen LogP) is 7.00. The van der Waals surface area contributed by atoms with Crippen molar-refractivity contribution < 1.29 is 0 Å². The predicted molar refractivity (Wildman–Crippen MR) is 124 cm³/mol. The summed E-state index contributed by atoms with van der Waals surface area (Å²) in [6.45, 7) is 8.19. The van der Waals surface area contributed by atoms with Crippen molar-refractivity contribution in [1.29, 1.82) is 0 Å². The molecule has 1 aromatic carbocycles. The average molecular weight is 368 g/mol. The van der Waals surface area contributed by atoms with E-state index in [1.807, 2.05) is 12.2 Å². The zero-order valence-corrected chi connectivity index (χ0v) is 16.8. The second-order valence-electron chi connectivity index (χ2n) is 7.27. The number of fused-ring (bicyclic) bond motifs is 1. The molecular formula is C27H29N. The van der Waals surface area contributed by atoms with E-state index < -0.39 is 0 Å². The minimum atomic E-state index is 0.0101. The van der Waals surface area contributed by atoms with Crippen LogP contribution in [-0.2, 0) is 0 Å². The number of hydrogen-bond acceptors (Lipinski definition) is 1. The molecule has 3 rings (SSSR count). The molecule has 0 bridgehead atoms. The molecule has 0 saturated heterocycles. The van der Waals surface area contributed by atoms with E-state index in [4.69, 9.17) is 4.99 Å². The molecule has 3 unspecified atom stereocenters. The van der Waals surface area contributed by atoms with Gasteiger partial charge in [0.15, 0.2) is 0 Å². The molecule has 0 radical (unpaired) electrons. The zero-order valence-electron chi connectivity index (χ0n) is 16.8. The molecule has 142 valence electrons. The molecule has 1 heteroatoms. The van der Waals surface area contributed by atoms with E-state index in [-0.39, 0.29) is 6.04 Å². The van der Waals surface area contributed by atoms with E-state index in [9.17, 15) is 0 Å². The first-order valence-electron chi connectivity index (χ1n) is 10.0. The van der Waals surface area contributed by atoms with E-state index in [0.717, 1.165) is 6.42 Å². The van der Waals surface area contributed by atoms with Gasteiger partial charge in [0.25, 0.3) is 0 Å². The highest BCUT2D eigenvalue weighted by Gasteiger charge is 2.26. The number of allylic oxidation sites excluding steroid dienone is 9. The summed E-state index contributed by atoms with van der Waals surface area (Å²) in [5.41, 5.74) is 5.09. The Kier molecular flexibility index (Phi) is 6.97. The zero-order chi connectivity index (χ0) is 19.8. The molecular weight excluding hydrogens is 338 g/mol. The summed E-state index contributed by atoms with van der Waals surface area (Å²) in [5.74, 6) is 0.749. The van der Waals surface area contributed by atoms with E-state index in [2.05, 4.69) is 99.4 Å². The molecule has 1 nitrogen and oxygen atoms in total. The fourth-order valence-electron chi connectivity index (χ4n) is 3.86. The van der Waals surface area contributed by atoms with Crippen molar-refractivity contribution in [3.05, 3.63) is 114 Å². The summed E-state index contributed by atoms with van der Waals surface area (Å²) in [4.78, 5) is 5.20. The Morgan fingerprint density at radius 1 is 1.14 bits per heavy atom. The number of rotatable bonds is 6. The van der Waals surface area contributed by atoms with E-state index in [1.54, 1.807) is 6.08 Å². The van der Waals surface area contributed by atoms with Gasteiger partial charge in [-0.3, -0.25) is 4.99 Å². The first-order chi connectivity index (χ1) is 13.7. The lowest BCUT2D eigenvalue weighted by molar-refractivity contribution is 0.658. The minimum absolute atomic E-state index is 0.0101. The Balaban J connectivity index is 1.95. The molecule has 3 atom stereocenters. The highest BCUT2D eigenvalue weighted by molar-refractivity contribution is 5.91. The smallest absolute Gasteiger partial charge is 0.0929 e. The van der Waals surface area contributed by atoms with Crippen molar-refractivity contribution in [1.82, 2.24) is 0 Å². The van der Waals surface area contributed by atoms with Gasteiger partial charge in [-0.1, -0.05) is 111 Å². The van der Waals surface area contributed by atoms with E-state index in [1.165, 1.54) is 22.4 Å². The molecule has 0 heterocycles. The van der Waals surface area contributed by atoms with Gasteiger partial charge in [-0.25, -0.2) is 0 Å². The van der Waals surface area contributed by atoms with Crippen LogP contribution >= 0.6 is 0 Å². The monoisotopic (exact) mass is 367 g/mol. The van der Waals surface area contributed by atoms with E-state index in [0.29, 0.717) is 11.8 Å². The maximum Gasteiger partial charge on any atom is 0.0929 e. The van der Waals surface area contributed by atoms with Crippen LogP contribution in [0.15, 0.2) is 108 Å². The quantitative estimate of drug-likeness (QED) is 0.379. The van der Waals surface area contributed by atoms with Crippen molar-refractivity contribution in [3.8, 4) is 0 Å². The summed E-state index contributed by atoms with van der Waals surface area (Å²) in [7, 11) is 0. The van der Waals surface area contributed by atoms with Gasteiger partial charge in [0.2, 0.25) is 0 Å². The van der Waals surface area contributed by atoms with Crippen LogP contribution in [0.1, 0.15) is 37.3 Å². The molecule has 1 aromatic rings. The molecule has 0 aliphatic heterocycles. The van der Waals surface area contributed by atoms with Gasteiger partial charge in [-0.2, -0.15) is 0 Å². The highest BCUT2D eigenvalue weighted by Crippen LogP contribution is 2.35. The molecule has 0 amide bonds. The molecule has 0 aromatic heterocycles. The normalized spacial score (nSPS) is 22.9. The number of aliphatic imine (C=N–C) groups is 1. The van der Waals surface area contributed by atoms with E-state index >= 15 is 0 Å². The van der Waals surface area contributed by atoms with Gasteiger partial charge in [0.1, 0.15) is 0 Å². The van der Waals surface area contributed by atoms with Crippen LogP contribution in [0, 0.1) is 5.92 Å². The fraction of sp³-hybridized carbons (Fsp3) is 0.222. The average Bonchev–Trinajstić information content (AvgIpc) is 2.99. The third kappa shape index (κ3) is 4.86. The second-order valence-corrected chi connectivity index (χ2v) is 7.27. The molecule has 0 fully saturated rings. The molecule has 0 N–H and O–H groups in total. The van der Waals surface area contributed by atoms with Crippen LogP contribution in [-0.4, -0.2) is 11.8 Å². The van der Waals surface area contributed by atoms with Crippen molar-refractivity contribution in [2.24, 2.45) is 10.9 Å². The Morgan fingerprint density at radius 3 is 2.86 bits per heavy atom. The van der Waals surface area contributed by atoms with Crippen LogP contribution in [0.2, 0.25) is 0 Å². The van der Waals surface area contributed by atoms with Gasteiger partial charge in [-0.05, 0) is 36.0 Å². The Morgan fingerprint density at radius 2 is 2.00 bits per heavy atom. The molecule has 2 aliphatic carbocycles. The van der Waals surface area contributed by atoms with Gasteiger partial charge >= 0.3 is 0 Å². The minimum Gasteiger partial charge on any atom is -0.282 e. The Bertz CT molecular complexity index is 902. The van der Waals surface area contributed by atoms with Crippen LogP contribution in [0.3, 0.4) is 0 Å². The molecule has 0 spiro atoms. The topological polar surface area (TPSA) is 12.4 Å². The van der Waals surface area contributed by atoms with Crippen LogP contribution < -0.4 is 0 Å². The Hall–Kier alpha value is -2.93. The van der Waals surface area contributed by atoms with Crippen LogP contribution in [0.25, 0.3) is 6.08 Å². The molecule has 2 aliphatic rings. The number of hydrogen-bond donors (Lipinski definition) is 0. The lowest BCUT2D eigenvalue weighted by Gasteiger charge is -2.28. The van der Waals surface area contributed by atoms with Crippen molar-refractivity contribution in [3.63, 3.8) is 0 Å². The van der Waals surface area contributed by atoms with Crippen LogP contribution in [0.4, 0.5) is 0 Å². The SMILES string of the molecule is C=C/C=C\C=C\C(N=C(C)C1c2ccccc2C=CC1C)C1=CCC=CC=C1. The van der Waals surface area contributed by atoms with Crippen molar-refractivity contribution >= 4 is 11.8 Å². The molecule has 28 heavy (non-hydrogen) atoms. The van der Waals surface area contributed by atoms with Crippen LogP contribution in [0.5, 0.6) is 0 Å². The third-order valence-electron chi connectivity index (χ3n) is 5.25. The highest BCUT2D eigenvalue weighted by atomic mass is 14.8. The summed E-state index contributed by atoms with van der Waals surface area (Å²) in [6, 6.07) is 8.68. The lowest BCUT2D eigenvalue weighted by Crippen LogP contribution is -2.22. The summed E-state index contributed by atoms with van der Waals surface area (Å²) in [5, 5.41) is 0. The van der Waals surface area contributed by atoms with Gasteiger partial charge < -0.3 is 0 Å². The van der Waals surface area contributed by atoms with Crippen molar-refractivity contribution in [2.75, 3.05) is 0 Å². The fourth-order valence-corrected chi connectivity index (χ4v) is 3.86. The van der Waals surface area contributed by atoms with Gasteiger partial charge in [0.05, 0.1) is 6.04 Å². The first-order valence-corrected chi connectivity index (χ1v) is 10.0. The number of benzene rings is 1. The maximum absolute atomic E-state index is 5.20. The first kappa shape index (κ1) is 19.8. The maximum atomic E-state index is 5.20. The number of nitrogens with zero attached hydrogens (tertiary/aromatic N) is 1. The van der Waals surface area contributed by atoms with Gasteiger partial charge in [0, 0.05) is 11.6 Å². The summed E-state index contributed by atoms with van der Waals surface area (Å²) in [6.07, 6.45) is 26.3. The third-order valence-corrected chi connectivity index (χ3v) is 5.25. The van der Waals surface area contributed by atoms with Gasteiger partial charge in [-0.15, -0.1) is 0 Å². The Labute approximate surface area is 169 Å². The van der Waals surface area contributed by atoms with Crippen molar-refractivity contribution in [2.45, 2.75) is 32.2 Å². The second kappa shape index (κ2) is 9.85. The lowest BCUT2D eigenvalue weighted by atomic mass is 9.77. The largest absolute Gasteiger partial charge is 0.282 e. The standard InChI is InChI=1S/C27H29N/c1-4-5-6-11-18-26(24-15-9-7-8-10-16-24)28-22(3)27-21(2)19-20-23-14-12-13-17-25(23)27/h4-9,11-21,26-27H,1,10H2,2-3H3/b6-5-,18-11+,28-22?. The summed E-state index contributed by atoms with van der Waals surface area (Å²) < 4.78 is 0. The molecule has 0 saturated carbocycles. The summed E-state index contributed by atoms with van der Waals surface area (Å²) >= 11 is 0.